The summed E-state index contributed by atoms with van der Waals surface area (Å²) in [4.78, 5) is 27.1. The maximum absolute atomic E-state index is 13.7. The molecular formula is C30H37N7O. The van der Waals surface area contributed by atoms with Gasteiger partial charge in [-0.1, -0.05) is 20.8 Å². The van der Waals surface area contributed by atoms with Crippen LogP contribution in [0, 0.1) is 22.2 Å². The van der Waals surface area contributed by atoms with Crippen LogP contribution in [0.3, 0.4) is 0 Å². The highest BCUT2D eigenvalue weighted by atomic mass is 16.2. The Bertz CT molecular complexity index is 1410. The lowest BCUT2D eigenvalue weighted by atomic mass is 9.78. The molecule has 1 unspecified atom stereocenters. The van der Waals surface area contributed by atoms with Crippen LogP contribution >= 0.6 is 0 Å². The molecule has 6 rings (SSSR count). The average Bonchev–Trinajstić information content (AvgIpc) is 3.58. The van der Waals surface area contributed by atoms with E-state index in [4.69, 9.17) is 10.1 Å². The normalized spacial score (nSPS) is 21.9. The molecule has 2 aliphatic heterocycles. The third kappa shape index (κ3) is 4.47. The summed E-state index contributed by atoms with van der Waals surface area (Å²) in [7, 11) is 0. The number of carbonyl (C=O) groups is 1. The standard InChI is InChI=1S/C30H37N7O/c1-29(2,3)16-23-25(34-37-26-7-4-6-22(26)24(17-31)33-27(23)37)19-35-14-5-10-30(20-35)11-15-36(28(30)38)18-21-8-12-32-13-9-21/h8-9,12-13H,4-7,10-11,14-16,18-20H2,1-3H3. The molecule has 0 aromatic carbocycles. The molecular weight excluding hydrogens is 474 g/mol. The molecule has 0 N–H and O–H groups in total. The van der Waals surface area contributed by atoms with Crippen molar-refractivity contribution < 1.29 is 4.79 Å². The Morgan fingerprint density at radius 1 is 1.08 bits per heavy atom. The lowest BCUT2D eigenvalue weighted by Crippen LogP contribution is -2.47. The maximum atomic E-state index is 13.7. The van der Waals surface area contributed by atoms with Crippen LogP contribution in [0.25, 0.3) is 5.65 Å². The van der Waals surface area contributed by atoms with Gasteiger partial charge in [0.1, 0.15) is 11.8 Å². The van der Waals surface area contributed by atoms with Crippen LogP contribution in [0.5, 0.6) is 0 Å². The molecule has 0 saturated carbocycles. The number of hydrogen-bond acceptors (Lipinski definition) is 6. The number of amides is 1. The zero-order chi connectivity index (χ0) is 26.5. The number of aryl methyl sites for hydroxylation is 1. The van der Waals surface area contributed by atoms with Crippen LogP contribution in [-0.2, 0) is 37.1 Å². The minimum Gasteiger partial charge on any atom is -0.338 e. The third-order valence-corrected chi connectivity index (χ3v) is 8.55. The van der Waals surface area contributed by atoms with Crippen LogP contribution in [-0.4, -0.2) is 54.9 Å². The highest BCUT2D eigenvalue weighted by Gasteiger charge is 2.48. The molecule has 198 valence electrons. The molecule has 3 aliphatic rings. The van der Waals surface area contributed by atoms with Gasteiger partial charge in [0, 0.05) is 49.7 Å². The number of piperidine rings is 1. The smallest absolute Gasteiger partial charge is 0.230 e. The Labute approximate surface area is 224 Å². The highest BCUT2D eigenvalue weighted by Crippen LogP contribution is 2.41. The third-order valence-electron chi connectivity index (χ3n) is 8.55. The van der Waals surface area contributed by atoms with E-state index in [1.165, 1.54) is 0 Å². The summed E-state index contributed by atoms with van der Waals surface area (Å²) in [5, 5.41) is 15.0. The number of aromatic nitrogens is 4. The molecule has 1 atom stereocenters. The van der Waals surface area contributed by atoms with Crippen LogP contribution in [0.2, 0.25) is 0 Å². The van der Waals surface area contributed by atoms with Gasteiger partial charge in [0.05, 0.1) is 16.8 Å². The first kappa shape index (κ1) is 25.0. The maximum Gasteiger partial charge on any atom is 0.230 e. The molecule has 3 aromatic rings. The Kier molecular flexibility index (Phi) is 6.22. The fraction of sp³-hybridized carbons (Fsp3) is 0.567. The van der Waals surface area contributed by atoms with Gasteiger partial charge in [0.15, 0.2) is 5.65 Å². The van der Waals surface area contributed by atoms with Gasteiger partial charge in [0.2, 0.25) is 5.91 Å². The summed E-state index contributed by atoms with van der Waals surface area (Å²) in [5.41, 5.74) is 6.72. The fourth-order valence-electron chi connectivity index (χ4n) is 6.81. The van der Waals surface area contributed by atoms with Crippen molar-refractivity contribution in [3.05, 3.63) is 58.3 Å². The minimum absolute atomic E-state index is 0.0593. The highest BCUT2D eigenvalue weighted by molar-refractivity contribution is 5.85. The average molecular weight is 512 g/mol. The van der Waals surface area contributed by atoms with Gasteiger partial charge < -0.3 is 4.90 Å². The Morgan fingerprint density at radius 2 is 1.89 bits per heavy atom. The predicted octanol–water partition coefficient (Wildman–Crippen LogP) is 4.09. The number of nitrogens with zero attached hydrogens (tertiary/aromatic N) is 7. The van der Waals surface area contributed by atoms with E-state index < -0.39 is 0 Å². The van der Waals surface area contributed by atoms with Crippen molar-refractivity contribution in [2.75, 3.05) is 19.6 Å². The second kappa shape index (κ2) is 9.46. The molecule has 8 nitrogen and oxygen atoms in total. The van der Waals surface area contributed by atoms with Gasteiger partial charge in [-0.3, -0.25) is 14.7 Å². The molecule has 8 heteroatoms. The van der Waals surface area contributed by atoms with Gasteiger partial charge in [-0.25, -0.2) is 9.50 Å². The largest absolute Gasteiger partial charge is 0.338 e. The zero-order valence-corrected chi connectivity index (χ0v) is 22.8. The van der Waals surface area contributed by atoms with E-state index >= 15 is 0 Å². The number of likely N-dealkylation sites (tertiary alicyclic amines) is 2. The number of nitriles is 1. The van der Waals surface area contributed by atoms with Gasteiger partial charge in [0.25, 0.3) is 0 Å². The van der Waals surface area contributed by atoms with Gasteiger partial charge in [-0.05, 0) is 74.6 Å². The van der Waals surface area contributed by atoms with E-state index in [1.54, 1.807) is 12.4 Å². The topological polar surface area (TPSA) is 90.4 Å². The monoisotopic (exact) mass is 511 g/mol. The van der Waals surface area contributed by atoms with Crippen molar-refractivity contribution in [1.29, 1.82) is 5.26 Å². The van der Waals surface area contributed by atoms with Gasteiger partial charge >= 0.3 is 0 Å². The predicted molar refractivity (Wildman–Crippen MR) is 144 cm³/mol. The molecule has 3 aromatic heterocycles. The van der Waals surface area contributed by atoms with E-state index in [-0.39, 0.29) is 10.8 Å². The first-order valence-corrected chi connectivity index (χ1v) is 14.0. The van der Waals surface area contributed by atoms with E-state index in [0.29, 0.717) is 24.7 Å². The summed E-state index contributed by atoms with van der Waals surface area (Å²) in [6.07, 6.45) is 10.2. The van der Waals surface area contributed by atoms with Crippen molar-refractivity contribution in [3.63, 3.8) is 0 Å². The molecule has 5 heterocycles. The molecule has 1 amide bonds. The molecule has 2 saturated heterocycles. The number of carbonyl (C=O) groups excluding carboxylic acids is 1. The molecule has 1 aliphatic carbocycles. The molecule has 0 radical (unpaired) electrons. The first-order valence-electron chi connectivity index (χ1n) is 14.0. The lowest BCUT2D eigenvalue weighted by molar-refractivity contribution is -0.139. The number of hydrogen-bond donors (Lipinski definition) is 0. The molecule has 2 fully saturated rings. The summed E-state index contributed by atoms with van der Waals surface area (Å²) in [6.45, 7) is 10.6. The van der Waals surface area contributed by atoms with Crippen molar-refractivity contribution in [2.45, 2.75) is 78.8 Å². The fourth-order valence-corrected chi connectivity index (χ4v) is 6.81. The van der Waals surface area contributed by atoms with Crippen LogP contribution in [0.1, 0.15) is 80.2 Å². The Morgan fingerprint density at radius 3 is 2.66 bits per heavy atom. The number of pyridine rings is 1. The van der Waals surface area contributed by atoms with Gasteiger partial charge in [-0.2, -0.15) is 10.4 Å². The van der Waals surface area contributed by atoms with E-state index in [2.05, 4.69) is 36.7 Å². The summed E-state index contributed by atoms with van der Waals surface area (Å²) >= 11 is 0. The van der Waals surface area contributed by atoms with Crippen molar-refractivity contribution >= 4 is 11.6 Å². The second-order valence-electron chi connectivity index (χ2n) is 12.7. The summed E-state index contributed by atoms with van der Waals surface area (Å²) < 4.78 is 2.04. The molecule has 1 spiro atoms. The van der Waals surface area contributed by atoms with E-state index in [0.717, 1.165) is 98.3 Å². The minimum atomic E-state index is -0.303. The van der Waals surface area contributed by atoms with Crippen LogP contribution in [0.4, 0.5) is 0 Å². The second-order valence-corrected chi connectivity index (χ2v) is 12.7. The molecule has 38 heavy (non-hydrogen) atoms. The van der Waals surface area contributed by atoms with E-state index in [9.17, 15) is 10.1 Å². The first-order chi connectivity index (χ1) is 18.3. The lowest BCUT2D eigenvalue weighted by Gasteiger charge is -2.39. The zero-order valence-electron chi connectivity index (χ0n) is 22.8. The van der Waals surface area contributed by atoms with Crippen molar-refractivity contribution in [2.24, 2.45) is 10.8 Å². The Balaban J connectivity index is 1.29. The summed E-state index contributed by atoms with van der Waals surface area (Å²) in [5.74, 6) is 0.294. The van der Waals surface area contributed by atoms with Gasteiger partial charge in [-0.15, -0.1) is 0 Å². The summed E-state index contributed by atoms with van der Waals surface area (Å²) in [6, 6.07) is 6.34. The Hall–Kier alpha value is -3.31. The van der Waals surface area contributed by atoms with Crippen molar-refractivity contribution in [3.8, 4) is 6.07 Å². The van der Waals surface area contributed by atoms with Crippen LogP contribution < -0.4 is 0 Å². The van der Waals surface area contributed by atoms with Crippen molar-refractivity contribution in [1.82, 2.24) is 29.4 Å². The number of rotatable bonds is 5. The SMILES string of the molecule is CC(C)(C)Cc1c(CN2CCCC3(CCN(Cc4ccncc4)C3=O)C2)nn2c3c(c(C#N)nc12)CCC3. The quantitative estimate of drug-likeness (QED) is 0.513. The van der Waals surface area contributed by atoms with E-state index in [1.807, 2.05) is 21.5 Å². The van der Waals surface area contributed by atoms with Crippen LogP contribution in [0.15, 0.2) is 24.5 Å². The molecule has 0 bridgehead atoms. The number of fused-ring (bicyclic) bond motifs is 3.